The van der Waals surface area contributed by atoms with Crippen molar-refractivity contribution in [3.05, 3.63) is 35.9 Å². The lowest BCUT2D eigenvalue weighted by Gasteiger charge is -2.09. The van der Waals surface area contributed by atoms with Crippen molar-refractivity contribution in [1.29, 1.82) is 0 Å². The molecule has 5 heteroatoms. The summed E-state index contributed by atoms with van der Waals surface area (Å²) in [4.78, 5) is 21.8. The molecule has 1 aromatic rings. The van der Waals surface area contributed by atoms with Gasteiger partial charge in [0.15, 0.2) is 6.10 Å². The Labute approximate surface area is 112 Å². The first kappa shape index (κ1) is 15.2. The van der Waals surface area contributed by atoms with Crippen LogP contribution in [0.5, 0.6) is 0 Å². The zero-order chi connectivity index (χ0) is 14.1. The number of benzene rings is 1. The minimum Gasteiger partial charge on any atom is -0.479 e. The molecule has 0 radical (unpaired) electrons. The molecule has 0 aliphatic carbocycles. The normalized spacial score (nSPS) is 11.8. The number of aryl methyl sites for hydroxylation is 1. The van der Waals surface area contributed by atoms with Crippen molar-refractivity contribution in [2.45, 2.75) is 25.9 Å². The predicted octanol–water partition coefficient (Wildman–Crippen LogP) is 1.23. The van der Waals surface area contributed by atoms with Crippen molar-refractivity contribution in [3.63, 3.8) is 0 Å². The van der Waals surface area contributed by atoms with Gasteiger partial charge >= 0.3 is 5.97 Å². The number of rotatable bonds is 8. The number of aliphatic carboxylic acids is 1. The lowest BCUT2D eigenvalue weighted by molar-refractivity contribution is -0.150. The van der Waals surface area contributed by atoms with E-state index >= 15 is 0 Å². The van der Waals surface area contributed by atoms with Gasteiger partial charge in [-0.3, -0.25) is 4.79 Å². The molecule has 5 nitrogen and oxygen atoms in total. The van der Waals surface area contributed by atoms with Gasteiger partial charge in [-0.15, -0.1) is 0 Å². The van der Waals surface area contributed by atoms with Gasteiger partial charge in [0, 0.05) is 6.54 Å². The van der Waals surface area contributed by atoms with Crippen LogP contribution >= 0.6 is 0 Å². The second-order valence-electron chi connectivity index (χ2n) is 4.23. The zero-order valence-electron chi connectivity index (χ0n) is 11.0. The molecule has 2 N–H and O–H groups in total. The Balaban J connectivity index is 2.09. The molecule has 0 aliphatic heterocycles. The van der Waals surface area contributed by atoms with Crippen LogP contribution in [0.15, 0.2) is 30.3 Å². The third-order valence-electron chi connectivity index (χ3n) is 2.62. The molecule has 19 heavy (non-hydrogen) atoms. The third-order valence-corrected chi connectivity index (χ3v) is 2.62. The summed E-state index contributed by atoms with van der Waals surface area (Å²) in [6, 6.07) is 10.0. The molecule has 0 bridgehead atoms. The number of hydrogen-bond donors (Lipinski definition) is 2. The van der Waals surface area contributed by atoms with Crippen molar-refractivity contribution < 1.29 is 19.4 Å². The fourth-order valence-electron chi connectivity index (χ4n) is 1.49. The number of hydrogen-bond acceptors (Lipinski definition) is 3. The molecular weight excluding hydrogens is 246 g/mol. The minimum absolute atomic E-state index is 0.223. The molecule has 0 aromatic heterocycles. The molecule has 1 amide bonds. The highest BCUT2D eigenvalue weighted by Crippen LogP contribution is 2.01. The summed E-state index contributed by atoms with van der Waals surface area (Å²) in [6.45, 7) is 1.72. The van der Waals surface area contributed by atoms with E-state index in [0.29, 0.717) is 6.54 Å². The highest BCUT2D eigenvalue weighted by Gasteiger charge is 2.12. The van der Waals surface area contributed by atoms with E-state index in [1.807, 2.05) is 30.3 Å². The van der Waals surface area contributed by atoms with Crippen LogP contribution in [0.4, 0.5) is 0 Å². The number of carboxylic acids is 1. The van der Waals surface area contributed by atoms with Gasteiger partial charge in [0.2, 0.25) is 5.91 Å². The summed E-state index contributed by atoms with van der Waals surface area (Å²) in [5.41, 5.74) is 1.23. The van der Waals surface area contributed by atoms with Crippen LogP contribution in [-0.4, -0.2) is 36.2 Å². The van der Waals surface area contributed by atoms with Crippen molar-refractivity contribution in [2.24, 2.45) is 0 Å². The first-order valence-electron chi connectivity index (χ1n) is 6.24. The SMILES string of the molecule is C[C@@H](OCC(=O)NCCCc1ccccc1)C(=O)O. The maximum Gasteiger partial charge on any atom is 0.332 e. The number of ether oxygens (including phenoxy) is 1. The van der Waals surface area contributed by atoms with E-state index in [2.05, 4.69) is 5.32 Å². The largest absolute Gasteiger partial charge is 0.479 e. The average Bonchev–Trinajstić information content (AvgIpc) is 2.42. The molecule has 1 rings (SSSR count). The van der Waals surface area contributed by atoms with E-state index in [1.165, 1.54) is 12.5 Å². The average molecular weight is 265 g/mol. The lowest BCUT2D eigenvalue weighted by atomic mass is 10.1. The van der Waals surface area contributed by atoms with Gasteiger partial charge in [-0.2, -0.15) is 0 Å². The predicted molar refractivity (Wildman–Crippen MR) is 70.8 cm³/mol. The Morgan fingerprint density at radius 2 is 2.00 bits per heavy atom. The smallest absolute Gasteiger partial charge is 0.332 e. The standard InChI is InChI=1S/C14H19NO4/c1-11(14(17)18)19-10-13(16)15-9-5-8-12-6-3-2-4-7-12/h2-4,6-7,11H,5,8-10H2,1H3,(H,15,16)(H,17,18)/t11-/m1/s1. The van der Waals surface area contributed by atoms with Crippen LogP contribution in [0.3, 0.4) is 0 Å². The Morgan fingerprint density at radius 3 is 2.63 bits per heavy atom. The summed E-state index contributed by atoms with van der Waals surface area (Å²) >= 11 is 0. The summed E-state index contributed by atoms with van der Waals surface area (Å²) in [5.74, 6) is -1.36. The summed E-state index contributed by atoms with van der Waals surface area (Å²) in [6.07, 6.45) is 0.771. The number of carbonyl (C=O) groups is 2. The maximum absolute atomic E-state index is 11.4. The lowest BCUT2D eigenvalue weighted by Crippen LogP contribution is -2.32. The van der Waals surface area contributed by atoms with E-state index in [1.54, 1.807) is 0 Å². The van der Waals surface area contributed by atoms with Crippen molar-refractivity contribution >= 4 is 11.9 Å². The quantitative estimate of drug-likeness (QED) is 0.693. The van der Waals surface area contributed by atoms with Crippen LogP contribution in [-0.2, 0) is 20.7 Å². The Morgan fingerprint density at radius 1 is 1.32 bits per heavy atom. The molecule has 0 heterocycles. The number of amides is 1. The first-order chi connectivity index (χ1) is 9.09. The van der Waals surface area contributed by atoms with E-state index in [0.717, 1.165) is 12.8 Å². The fraction of sp³-hybridized carbons (Fsp3) is 0.429. The number of carboxylic acid groups (broad SMARTS) is 1. The Kier molecular flexibility index (Phi) is 6.60. The topological polar surface area (TPSA) is 75.6 Å². The molecular formula is C14H19NO4. The summed E-state index contributed by atoms with van der Waals surface area (Å²) < 4.78 is 4.87. The minimum atomic E-state index is -1.07. The monoisotopic (exact) mass is 265 g/mol. The van der Waals surface area contributed by atoms with Gasteiger partial charge < -0.3 is 15.2 Å². The van der Waals surface area contributed by atoms with Crippen LogP contribution in [0.2, 0.25) is 0 Å². The van der Waals surface area contributed by atoms with Crippen LogP contribution in [0.25, 0.3) is 0 Å². The van der Waals surface area contributed by atoms with Gasteiger partial charge in [0.05, 0.1) is 0 Å². The fourth-order valence-corrected chi connectivity index (χ4v) is 1.49. The van der Waals surface area contributed by atoms with Crippen LogP contribution in [0, 0.1) is 0 Å². The highest BCUT2D eigenvalue weighted by atomic mass is 16.5. The van der Waals surface area contributed by atoms with Crippen molar-refractivity contribution in [2.75, 3.05) is 13.2 Å². The third kappa shape index (κ3) is 6.57. The Bertz CT molecular complexity index is 405. The first-order valence-corrected chi connectivity index (χ1v) is 6.24. The Hall–Kier alpha value is -1.88. The number of nitrogens with one attached hydrogen (secondary N) is 1. The number of carbonyl (C=O) groups excluding carboxylic acids is 1. The van der Waals surface area contributed by atoms with Gasteiger partial charge in [0.25, 0.3) is 0 Å². The van der Waals surface area contributed by atoms with Gasteiger partial charge in [-0.1, -0.05) is 30.3 Å². The molecule has 0 unspecified atom stereocenters. The zero-order valence-corrected chi connectivity index (χ0v) is 11.0. The van der Waals surface area contributed by atoms with E-state index in [9.17, 15) is 9.59 Å². The molecule has 0 saturated heterocycles. The molecule has 0 aliphatic rings. The molecule has 0 fully saturated rings. The van der Waals surface area contributed by atoms with E-state index in [4.69, 9.17) is 9.84 Å². The van der Waals surface area contributed by atoms with Crippen molar-refractivity contribution in [1.82, 2.24) is 5.32 Å². The maximum atomic E-state index is 11.4. The van der Waals surface area contributed by atoms with Gasteiger partial charge in [0.1, 0.15) is 6.61 Å². The summed E-state index contributed by atoms with van der Waals surface area (Å²) in [5, 5.41) is 11.3. The van der Waals surface area contributed by atoms with Crippen molar-refractivity contribution in [3.8, 4) is 0 Å². The molecule has 0 spiro atoms. The second kappa shape index (κ2) is 8.26. The van der Waals surface area contributed by atoms with E-state index in [-0.39, 0.29) is 12.5 Å². The van der Waals surface area contributed by atoms with Gasteiger partial charge in [-0.05, 0) is 25.3 Å². The highest BCUT2D eigenvalue weighted by molar-refractivity contribution is 5.78. The summed E-state index contributed by atoms with van der Waals surface area (Å²) in [7, 11) is 0. The molecule has 0 saturated carbocycles. The van der Waals surface area contributed by atoms with Crippen LogP contribution in [0.1, 0.15) is 18.9 Å². The van der Waals surface area contributed by atoms with Crippen LogP contribution < -0.4 is 5.32 Å². The molecule has 1 atom stereocenters. The van der Waals surface area contributed by atoms with Gasteiger partial charge in [-0.25, -0.2) is 4.79 Å². The molecule has 1 aromatic carbocycles. The molecule has 104 valence electrons. The second-order valence-corrected chi connectivity index (χ2v) is 4.23. The van der Waals surface area contributed by atoms with E-state index < -0.39 is 12.1 Å².